The van der Waals surface area contributed by atoms with Crippen molar-refractivity contribution in [3.8, 4) is 6.07 Å². The minimum atomic E-state index is 0.469. The molecule has 0 amide bonds. The molecule has 1 aliphatic rings. The molecule has 2 rings (SSSR count). The van der Waals surface area contributed by atoms with Gasteiger partial charge in [0.15, 0.2) is 0 Å². The third-order valence-electron chi connectivity index (χ3n) is 3.02. The van der Waals surface area contributed by atoms with Crippen molar-refractivity contribution in [1.82, 2.24) is 4.98 Å². The zero-order valence-electron chi connectivity index (χ0n) is 10.3. The molecule has 4 heteroatoms. The molecule has 1 aliphatic heterocycles. The van der Waals surface area contributed by atoms with E-state index < -0.39 is 0 Å². The lowest BCUT2D eigenvalue weighted by Gasteiger charge is -2.24. The number of anilines is 1. The minimum Gasteiger partial charge on any atom is -0.366 e. The van der Waals surface area contributed by atoms with Gasteiger partial charge in [-0.15, -0.1) is 0 Å². The monoisotopic (exact) mass is 247 g/mol. The summed E-state index contributed by atoms with van der Waals surface area (Å²) < 4.78 is 0. The van der Waals surface area contributed by atoms with Gasteiger partial charge in [-0.05, 0) is 49.8 Å². The van der Waals surface area contributed by atoms with Crippen molar-refractivity contribution in [3.05, 3.63) is 22.9 Å². The van der Waals surface area contributed by atoms with Gasteiger partial charge < -0.3 is 5.32 Å². The second-order valence-electron chi connectivity index (χ2n) is 4.45. The molecular formula is C13H17N3S. The number of pyridine rings is 1. The molecule has 1 saturated heterocycles. The lowest BCUT2D eigenvalue weighted by molar-refractivity contribution is 0.663. The average Bonchev–Trinajstić information content (AvgIpc) is 2.30. The molecule has 1 aromatic heterocycles. The molecule has 0 aliphatic carbocycles. The van der Waals surface area contributed by atoms with Crippen LogP contribution in [0.5, 0.6) is 0 Å². The minimum absolute atomic E-state index is 0.469. The third-order valence-corrected chi connectivity index (χ3v) is 4.07. The third kappa shape index (κ3) is 2.92. The Morgan fingerprint density at radius 3 is 2.76 bits per heavy atom. The van der Waals surface area contributed by atoms with Gasteiger partial charge in [0, 0.05) is 11.7 Å². The highest BCUT2D eigenvalue weighted by atomic mass is 32.2. The van der Waals surface area contributed by atoms with Crippen molar-refractivity contribution in [1.29, 1.82) is 5.26 Å². The van der Waals surface area contributed by atoms with Gasteiger partial charge in [-0.2, -0.15) is 17.0 Å². The summed E-state index contributed by atoms with van der Waals surface area (Å²) in [6.07, 6.45) is 2.31. The molecule has 0 aromatic carbocycles. The summed E-state index contributed by atoms with van der Waals surface area (Å²) in [4.78, 5) is 4.46. The number of aryl methyl sites for hydroxylation is 2. The Hall–Kier alpha value is -1.21. The summed E-state index contributed by atoms with van der Waals surface area (Å²) in [5.74, 6) is 3.16. The van der Waals surface area contributed by atoms with Crippen molar-refractivity contribution in [2.45, 2.75) is 32.7 Å². The first kappa shape index (κ1) is 12.3. The average molecular weight is 247 g/mol. The predicted molar refractivity (Wildman–Crippen MR) is 72.4 cm³/mol. The number of hydrogen-bond acceptors (Lipinski definition) is 4. The first-order valence-electron chi connectivity index (χ1n) is 5.93. The van der Waals surface area contributed by atoms with Crippen molar-refractivity contribution in [2.24, 2.45) is 0 Å². The molecule has 0 saturated carbocycles. The van der Waals surface area contributed by atoms with Gasteiger partial charge in [0.2, 0.25) is 0 Å². The second-order valence-corrected chi connectivity index (χ2v) is 5.67. The Morgan fingerprint density at radius 1 is 1.41 bits per heavy atom. The summed E-state index contributed by atoms with van der Waals surface area (Å²) in [6.45, 7) is 3.94. The van der Waals surface area contributed by atoms with Gasteiger partial charge in [0.05, 0.1) is 5.56 Å². The predicted octanol–water partition coefficient (Wildman–Crippen LogP) is 2.88. The van der Waals surface area contributed by atoms with E-state index in [0.717, 1.165) is 29.9 Å². The number of aromatic nitrogens is 1. The summed E-state index contributed by atoms with van der Waals surface area (Å²) in [7, 11) is 0. The maximum atomic E-state index is 9.19. The van der Waals surface area contributed by atoms with Crippen LogP contribution in [0.15, 0.2) is 6.07 Å². The lowest BCUT2D eigenvalue weighted by atomic mass is 10.1. The van der Waals surface area contributed by atoms with E-state index in [-0.39, 0.29) is 0 Å². The standard InChI is InChI=1S/C13H17N3S/c1-9-7-10(2)15-13(12(9)8-14)16-11-3-5-17-6-4-11/h7,11H,3-6H2,1-2H3,(H,15,16). The fourth-order valence-corrected chi connectivity index (χ4v) is 3.22. The Labute approximate surface area is 107 Å². The van der Waals surface area contributed by atoms with E-state index in [1.54, 1.807) is 0 Å². The molecule has 2 heterocycles. The van der Waals surface area contributed by atoms with Gasteiger partial charge in [0.1, 0.15) is 11.9 Å². The summed E-state index contributed by atoms with van der Waals surface area (Å²) in [5.41, 5.74) is 2.66. The smallest absolute Gasteiger partial charge is 0.144 e. The molecule has 1 N–H and O–H groups in total. The molecule has 0 atom stereocenters. The highest BCUT2D eigenvalue weighted by Gasteiger charge is 2.16. The molecular weight excluding hydrogens is 230 g/mol. The topological polar surface area (TPSA) is 48.7 Å². The Morgan fingerprint density at radius 2 is 2.12 bits per heavy atom. The van der Waals surface area contributed by atoms with Crippen LogP contribution in [-0.2, 0) is 0 Å². The van der Waals surface area contributed by atoms with Crippen molar-refractivity contribution < 1.29 is 0 Å². The van der Waals surface area contributed by atoms with E-state index in [0.29, 0.717) is 11.6 Å². The molecule has 0 radical (unpaired) electrons. The van der Waals surface area contributed by atoms with E-state index in [2.05, 4.69) is 16.4 Å². The van der Waals surface area contributed by atoms with Crippen molar-refractivity contribution in [3.63, 3.8) is 0 Å². The first-order valence-corrected chi connectivity index (χ1v) is 7.09. The summed E-state index contributed by atoms with van der Waals surface area (Å²) in [5, 5.41) is 12.6. The molecule has 0 unspecified atom stereocenters. The fourth-order valence-electron chi connectivity index (χ4n) is 2.12. The zero-order chi connectivity index (χ0) is 12.3. The van der Waals surface area contributed by atoms with Crippen LogP contribution in [0.2, 0.25) is 0 Å². The van der Waals surface area contributed by atoms with E-state index in [1.807, 2.05) is 31.7 Å². The molecule has 90 valence electrons. The van der Waals surface area contributed by atoms with Gasteiger partial charge in [-0.25, -0.2) is 4.98 Å². The largest absolute Gasteiger partial charge is 0.366 e. The first-order chi connectivity index (χ1) is 8.20. The van der Waals surface area contributed by atoms with E-state index in [4.69, 9.17) is 0 Å². The molecule has 3 nitrogen and oxygen atoms in total. The van der Waals surface area contributed by atoms with Gasteiger partial charge >= 0.3 is 0 Å². The maximum Gasteiger partial charge on any atom is 0.144 e. The van der Waals surface area contributed by atoms with E-state index in [1.165, 1.54) is 11.5 Å². The van der Waals surface area contributed by atoms with Gasteiger partial charge in [0.25, 0.3) is 0 Å². The molecule has 0 spiro atoms. The van der Waals surface area contributed by atoms with Crippen LogP contribution in [0.4, 0.5) is 5.82 Å². The highest BCUT2D eigenvalue weighted by molar-refractivity contribution is 7.99. The normalized spacial score (nSPS) is 16.5. The Bertz CT molecular complexity index is 445. The number of hydrogen-bond donors (Lipinski definition) is 1. The van der Waals surface area contributed by atoms with Crippen LogP contribution in [0.25, 0.3) is 0 Å². The number of thioether (sulfide) groups is 1. The van der Waals surface area contributed by atoms with Crippen LogP contribution >= 0.6 is 11.8 Å². The quantitative estimate of drug-likeness (QED) is 0.873. The van der Waals surface area contributed by atoms with Gasteiger partial charge in [-0.3, -0.25) is 0 Å². The number of nitrogens with one attached hydrogen (secondary N) is 1. The lowest BCUT2D eigenvalue weighted by Crippen LogP contribution is -2.25. The summed E-state index contributed by atoms with van der Waals surface area (Å²) >= 11 is 2.00. The van der Waals surface area contributed by atoms with Crippen molar-refractivity contribution in [2.75, 3.05) is 16.8 Å². The maximum absolute atomic E-state index is 9.19. The van der Waals surface area contributed by atoms with Crippen molar-refractivity contribution >= 4 is 17.6 Å². The number of nitrogens with zero attached hydrogens (tertiary/aromatic N) is 2. The van der Waals surface area contributed by atoms with Gasteiger partial charge in [-0.1, -0.05) is 0 Å². The molecule has 1 aromatic rings. The molecule has 0 bridgehead atoms. The van der Waals surface area contributed by atoms with Crippen LogP contribution in [0.1, 0.15) is 29.7 Å². The molecule has 1 fully saturated rings. The van der Waals surface area contributed by atoms with Crippen LogP contribution in [-0.4, -0.2) is 22.5 Å². The second kappa shape index (κ2) is 5.42. The van der Waals surface area contributed by atoms with Crippen LogP contribution in [0.3, 0.4) is 0 Å². The van der Waals surface area contributed by atoms with Crippen LogP contribution in [0, 0.1) is 25.2 Å². The SMILES string of the molecule is Cc1cc(C)c(C#N)c(NC2CCSCC2)n1. The Balaban J connectivity index is 2.22. The molecule has 17 heavy (non-hydrogen) atoms. The van der Waals surface area contributed by atoms with E-state index >= 15 is 0 Å². The number of nitriles is 1. The zero-order valence-corrected chi connectivity index (χ0v) is 11.1. The Kier molecular flexibility index (Phi) is 3.90. The van der Waals surface area contributed by atoms with Crippen LogP contribution < -0.4 is 5.32 Å². The summed E-state index contributed by atoms with van der Waals surface area (Å²) in [6, 6.07) is 4.68. The highest BCUT2D eigenvalue weighted by Crippen LogP contribution is 2.23. The van der Waals surface area contributed by atoms with E-state index in [9.17, 15) is 5.26 Å². The fraction of sp³-hybridized carbons (Fsp3) is 0.538. The number of rotatable bonds is 2.